The molecule has 0 radical (unpaired) electrons. The topological polar surface area (TPSA) is 69.4 Å². The summed E-state index contributed by atoms with van der Waals surface area (Å²) in [5.41, 5.74) is -0.988. The number of carbonyl (C=O) groups excluding carboxylic acids is 1. The van der Waals surface area contributed by atoms with Gasteiger partial charge in [-0.05, 0) is 0 Å². The molecule has 1 aromatic carbocycles. The van der Waals surface area contributed by atoms with E-state index in [-0.39, 0.29) is 0 Å². The third-order valence-electron chi connectivity index (χ3n) is 2.39. The monoisotopic (exact) mass is 291 g/mol. The quantitative estimate of drug-likeness (QED) is 0.484. The van der Waals surface area contributed by atoms with Gasteiger partial charge < -0.3 is 4.74 Å². The van der Waals surface area contributed by atoms with Crippen molar-refractivity contribution in [1.82, 2.24) is 0 Å². The molecular weight excluding hydrogens is 279 g/mol. The van der Waals surface area contributed by atoms with Gasteiger partial charge in [0.15, 0.2) is 0 Å². The minimum absolute atomic E-state index is 0.485. The first-order valence-corrected chi connectivity index (χ1v) is 5.64. The molecule has 0 aliphatic heterocycles. The maximum atomic E-state index is 12.9. The van der Waals surface area contributed by atoms with Crippen LogP contribution in [0.2, 0.25) is 0 Å². The van der Waals surface area contributed by atoms with E-state index in [0.29, 0.717) is 0 Å². The summed E-state index contributed by atoms with van der Waals surface area (Å²) in [6, 6.07) is 3.93. The molecule has 0 N–H and O–H groups in total. The number of non-ortho nitro benzene ring substituents is 1. The number of carbonyl (C=O) groups is 1. The van der Waals surface area contributed by atoms with Gasteiger partial charge in [0.05, 0.1) is 10.8 Å². The van der Waals surface area contributed by atoms with Crippen LogP contribution in [-0.4, -0.2) is 17.1 Å². The van der Waals surface area contributed by atoms with E-state index in [1.807, 2.05) is 0 Å². The Kier molecular flexibility index (Phi) is 4.69. The number of esters is 1. The Bertz CT molecular complexity index is 514. The maximum absolute atomic E-state index is 12.9. The number of ether oxygens (including phenoxy) is 1. The molecule has 0 aliphatic carbocycles. The van der Waals surface area contributed by atoms with Gasteiger partial charge in [-0.3, -0.25) is 14.9 Å². The molecule has 0 fully saturated rings. The van der Waals surface area contributed by atoms with Crippen molar-refractivity contribution in [2.24, 2.45) is 5.92 Å². The van der Waals surface area contributed by atoms with Gasteiger partial charge in [0.2, 0.25) is 6.10 Å². The normalized spacial score (nSPS) is 13.1. The number of nitro benzene ring substituents is 1. The fourth-order valence-electron chi connectivity index (χ4n) is 1.38. The highest BCUT2D eigenvalue weighted by Gasteiger charge is 2.44. The number of hydrogen-bond acceptors (Lipinski definition) is 4. The maximum Gasteiger partial charge on any atom is 0.429 e. The third kappa shape index (κ3) is 3.94. The fraction of sp³-hybridized carbons (Fsp3) is 0.417. The molecule has 1 unspecified atom stereocenters. The number of nitro groups is 1. The first-order valence-electron chi connectivity index (χ1n) is 5.64. The largest absolute Gasteiger partial charge is 0.448 e. The Hall–Kier alpha value is -2.12. The van der Waals surface area contributed by atoms with Crippen LogP contribution < -0.4 is 0 Å². The Morgan fingerprint density at radius 3 is 2.40 bits per heavy atom. The smallest absolute Gasteiger partial charge is 0.429 e. The predicted octanol–water partition coefficient (Wildman–Crippen LogP) is 3.40. The van der Waals surface area contributed by atoms with Gasteiger partial charge >= 0.3 is 12.1 Å². The predicted molar refractivity (Wildman–Crippen MR) is 62.8 cm³/mol. The van der Waals surface area contributed by atoms with Crippen molar-refractivity contribution in [2.75, 3.05) is 0 Å². The van der Waals surface area contributed by atoms with Crippen molar-refractivity contribution in [3.05, 3.63) is 39.9 Å². The van der Waals surface area contributed by atoms with Crippen molar-refractivity contribution in [3.8, 4) is 0 Å². The van der Waals surface area contributed by atoms with Crippen LogP contribution in [0.3, 0.4) is 0 Å². The average Bonchev–Trinajstić information content (AvgIpc) is 2.34. The number of rotatable bonds is 4. The van der Waals surface area contributed by atoms with Gasteiger partial charge in [-0.1, -0.05) is 26.0 Å². The lowest BCUT2D eigenvalue weighted by Crippen LogP contribution is -2.28. The lowest BCUT2D eigenvalue weighted by molar-refractivity contribution is -0.385. The second-order valence-corrected chi connectivity index (χ2v) is 4.37. The van der Waals surface area contributed by atoms with Crippen molar-refractivity contribution in [2.45, 2.75) is 26.1 Å². The summed E-state index contributed by atoms with van der Waals surface area (Å²) < 4.78 is 43.2. The van der Waals surface area contributed by atoms with E-state index in [4.69, 9.17) is 0 Å². The molecule has 0 bridgehead atoms. The summed E-state index contributed by atoms with van der Waals surface area (Å²) in [6.45, 7) is 2.78. The first kappa shape index (κ1) is 15.9. The Balaban J connectivity index is 3.15. The number of nitrogens with zero attached hydrogens (tertiary/aromatic N) is 1. The van der Waals surface area contributed by atoms with E-state index < -0.39 is 40.3 Å². The number of hydrogen-bond donors (Lipinski definition) is 0. The molecular formula is C12H12F3NO4. The molecule has 1 atom stereocenters. The highest BCUT2D eigenvalue weighted by atomic mass is 19.4. The summed E-state index contributed by atoms with van der Waals surface area (Å²) in [4.78, 5) is 21.1. The summed E-state index contributed by atoms with van der Waals surface area (Å²) in [5.74, 6) is -1.77. The average molecular weight is 291 g/mol. The molecule has 0 amide bonds. The molecule has 1 aromatic rings. The molecule has 0 aliphatic rings. The molecule has 0 saturated heterocycles. The van der Waals surface area contributed by atoms with Gasteiger partial charge in [-0.2, -0.15) is 13.2 Å². The summed E-state index contributed by atoms with van der Waals surface area (Å²) in [5, 5.41) is 10.6. The molecule has 110 valence electrons. The summed E-state index contributed by atoms with van der Waals surface area (Å²) >= 11 is 0. The minimum atomic E-state index is -4.85. The zero-order chi connectivity index (χ0) is 15.5. The van der Waals surface area contributed by atoms with Crippen LogP contribution in [-0.2, 0) is 9.53 Å². The Morgan fingerprint density at radius 2 is 1.95 bits per heavy atom. The van der Waals surface area contributed by atoms with Crippen LogP contribution >= 0.6 is 0 Å². The van der Waals surface area contributed by atoms with Crippen molar-refractivity contribution < 1.29 is 27.6 Å². The fourth-order valence-corrected chi connectivity index (χ4v) is 1.38. The van der Waals surface area contributed by atoms with Crippen LogP contribution in [0, 0.1) is 16.0 Å². The summed E-state index contributed by atoms with van der Waals surface area (Å²) in [7, 11) is 0. The Labute approximate surface area is 112 Å². The highest BCUT2D eigenvalue weighted by molar-refractivity contribution is 5.72. The van der Waals surface area contributed by atoms with E-state index in [1.165, 1.54) is 13.8 Å². The number of alkyl halides is 3. The number of benzene rings is 1. The number of halogens is 3. The van der Waals surface area contributed by atoms with Crippen LogP contribution in [0.25, 0.3) is 0 Å². The van der Waals surface area contributed by atoms with Gasteiger partial charge in [-0.15, -0.1) is 0 Å². The Morgan fingerprint density at radius 1 is 1.35 bits per heavy atom. The molecule has 0 saturated carbocycles. The zero-order valence-electron chi connectivity index (χ0n) is 10.7. The summed E-state index contributed by atoms with van der Waals surface area (Å²) in [6.07, 6.45) is -7.36. The van der Waals surface area contributed by atoms with E-state index in [2.05, 4.69) is 4.74 Å². The van der Waals surface area contributed by atoms with Crippen LogP contribution in [0.15, 0.2) is 24.3 Å². The van der Waals surface area contributed by atoms with Gasteiger partial charge in [-0.25, -0.2) is 0 Å². The van der Waals surface area contributed by atoms with Crippen LogP contribution in [0.5, 0.6) is 0 Å². The molecule has 0 aromatic heterocycles. The van der Waals surface area contributed by atoms with Gasteiger partial charge in [0.25, 0.3) is 5.69 Å². The molecule has 20 heavy (non-hydrogen) atoms. The third-order valence-corrected chi connectivity index (χ3v) is 2.39. The zero-order valence-corrected chi connectivity index (χ0v) is 10.7. The van der Waals surface area contributed by atoms with Crippen molar-refractivity contribution in [3.63, 3.8) is 0 Å². The van der Waals surface area contributed by atoms with E-state index in [1.54, 1.807) is 0 Å². The van der Waals surface area contributed by atoms with Crippen molar-refractivity contribution in [1.29, 1.82) is 0 Å². The van der Waals surface area contributed by atoms with Gasteiger partial charge in [0, 0.05) is 17.7 Å². The standard InChI is InChI=1S/C12H12F3NO4/c1-7(2)11(17)20-10(12(13,14)15)8-4-3-5-9(6-8)16(18)19/h3-7,10H,1-2H3. The molecule has 0 spiro atoms. The lowest BCUT2D eigenvalue weighted by atomic mass is 10.1. The minimum Gasteiger partial charge on any atom is -0.448 e. The van der Waals surface area contributed by atoms with Crippen molar-refractivity contribution >= 4 is 11.7 Å². The first-order chi connectivity index (χ1) is 9.12. The molecule has 1 rings (SSSR count). The van der Waals surface area contributed by atoms with E-state index in [0.717, 1.165) is 24.3 Å². The van der Waals surface area contributed by atoms with E-state index in [9.17, 15) is 28.1 Å². The SMILES string of the molecule is CC(C)C(=O)OC(c1cccc([N+](=O)[O-])c1)C(F)(F)F. The molecule has 5 nitrogen and oxygen atoms in total. The second kappa shape index (κ2) is 5.89. The van der Waals surface area contributed by atoms with E-state index >= 15 is 0 Å². The van der Waals surface area contributed by atoms with Crippen LogP contribution in [0.4, 0.5) is 18.9 Å². The highest BCUT2D eigenvalue weighted by Crippen LogP contribution is 2.37. The second-order valence-electron chi connectivity index (χ2n) is 4.37. The van der Waals surface area contributed by atoms with Gasteiger partial charge in [0.1, 0.15) is 0 Å². The molecule has 0 heterocycles. The molecule has 8 heteroatoms. The lowest BCUT2D eigenvalue weighted by Gasteiger charge is -2.21. The van der Waals surface area contributed by atoms with Crippen LogP contribution in [0.1, 0.15) is 25.5 Å².